The highest BCUT2D eigenvalue weighted by atomic mass is 35.5. The van der Waals surface area contributed by atoms with Crippen LogP contribution in [-0.4, -0.2) is 56.6 Å². The molecule has 1 aliphatic rings. The number of amides is 1. The van der Waals surface area contributed by atoms with E-state index in [0.717, 1.165) is 17.6 Å². The lowest BCUT2D eigenvalue weighted by molar-refractivity contribution is -0.121. The number of hydrogen-bond acceptors (Lipinski definition) is 9. The first kappa shape index (κ1) is 23.8. The van der Waals surface area contributed by atoms with E-state index in [1.165, 1.54) is 40.7 Å². The number of carbonyl (C=O) groups is 1. The molecule has 2 aromatic heterocycles. The van der Waals surface area contributed by atoms with E-state index < -0.39 is 25.8 Å². The van der Waals surface area contributed by atoms with Crippen molar-refractivity contribution >= 4 is 54.7 Å². The molecule has 0 atom stereocenters. The minimum absolute atomic E-state index is 0.0922. The van der Waals surface area contributed by atoms with Crippen molar-refractivity contribution < 1.29 is 26.0 Å². The van der Waals surface area contributed by atoms with Crippen LogP contribution < -0.4 is 5.32 Å². The van der Waals surface area contributed by atoms with Gasteiger partial charge in [-0.25, -0.2) is 16.8 Å². The van der Waals surface area contributed by atoms with Gasteiger partial charge in [-0.05, 0) is 49.2 Å². The zero-order chi connectivity index (χ0) is 23.8. The van der Waals surface area contributed by atoms with E-state index in [1.807, 2.05) is 0 Å². The summed E-state index contributed by atoms with van der Waals surface area (Å²) in [5, 5.41) is 10.3. The van der Waals surface area contributed by atoms with E-state index in [-0.39, 0.29) is 40.0 Å². The quantitative estimate of drug-likeness (QED) is 0.513. The summed E-state index contributed by atoms with van der Waals surface area (Å²) in [6, 6.07) is 8.85. The number of sulfonamides is 1. The van der Waals surface area contributed by atoms with Gasteiger partial charge in [0.2, 0.25) is 11.8 Å². The van der Waals surface area contributed by atoms with Crippen LogP contribution in [-0.2, 0) is 24.7 Å². The summed E-state index contributed by atoms with van der Waals surface area (Å²) in [4.78, 5) is 12.8. The van der Waals surface area contributed by atoms with Gasteiger partial charge in [-0.3, -0.25) is 10.1 Å². The predicted octanol–water partition coefficient (Wildman–Crippen LogP) is 2.89. The van der Waals surface area contributed by atoms with Gasteiger partial charge in [0.1, 0.15) is 4.21 Å². The lowest BCUT2D eigenvalue weighted by atomic mass is 9.97. The maximum Gasteiger partial charge on any atom is 0.322 e. The summed E-state index contributed by atoms with van der Waals surface area (Å²) in [6.45, 7) is 0.412. The Bertz CT molecular complexity index is 1370. The molecule has 33 heavy (non-hydrogen) atoms. The van der Waals surface area contributed by atoms with Crippen LogP contribution in [0.15, 0.2) is 49.9 Å². The second kappa shape index (κ2) is 9.14. The largest absolute Gasteiger partial charge is 0.403 e. The molecule has 0 radical (unpaired) electrons. The maximum atomic E-state index is 12.7. The molecular weight excluding hydrogens is 512 g/mol. The Hall–Kier alpha value is -2.32. The second-order valence-electron chi connectivity index (χ2n) is 7.44. The number of rotatable bonds is 6. The summed E-state index contributed by atoms with van der Waals surface area (Å²) in [5.41, 5.74) is 0.502. The summed E-state index contributed by atoms with van der Waals surface area (Å²) in [5.74, 6) is -0.623. The number of halogens is 1. The highest BCUT2D eigenvalue weighted by molar-refractivity contribution is 7.91. The molecule has 4 rings (SSSR count). The Morgan fingerprint density at radius 2 is 1.76 bits per heavy atom. The van der Waals surface area contributed by atoms with Gasteiger partial charge in [0.15, 0.2) is 9.84 Å². The molecule has 0 bridgehead atoms. The third-order valence-electron chi connectivity index (χ3n) is 5.15. The van der Waals surface area contributed by atoms with Crippen molar-refractivity contribution in [3.8, 4) is 11.5 Å². The van der Waals surface area contributed by atoms with Crippen LogP contribution in [0.5, 0.6) is 0 Å². The summed E-state index contributed by atoms with van der Waals surface area (Å²) < 4.78 is 55.9. The number of nitrogens with one attached hydrogen (secondary N) is 1. The molecule has 1 aliphatic heterocycles. The first-order valence-corrected chi connectivity index (χ1v) is 14.3. The molecule has 1 N–H and O–H groups in total. The Labute approximate surface area is 199 Å². The van der Waals surface area contributed by atoms with Gasteiger partial charge in [-0.2, -0.15) is 4.31 Å². The SMILES string of the molecule is CS(=O)(=O)c1ccc(-c2nnc(NC(=O)C3CCN(S(=O)(=O)c4ccc(Cl)s4)CC3)o2)cc1. The molecule has 1 fully saturated rings. The van der Waals surface area contributed by atoms with Crippen molar-refractivity contribution in [3.63, 3.8) is 0 Å². The van der Waals surface area contributed by atoms with E-state index >= 15 is 0 Å². The fourth-order valence-electron chi connectivity index (χ4n) is 3.36. The van der Waals surface area contributed by atoms with Crippen LogP contribution in [0.2, 0.25) is 4.34 Å². The lowest BCUT2D eigenvalue weighted by Crippen LogP contribution is -2.41. The fraction of sp³-hybridized carbons (Fsp3) is 0.316. The Morgan fingerprint density at radius 1 is 1.09 bits per heavy atom. The minimum atomic E-state index is -3.63. The fourth-order valence-corrected chi connectivity index (χ4v) is 7.10. The molecule has 176 valence electrons. The highest BCUT2D eigenvalue weighted by Crippen LogP contribution is 2.31. The van der Waals surface area contributed by atoms with Gasteiger partial charge in [0, 0.05) is 30.8 Å². The average Bonchev–Trinajstić information content (AvgIpc) is 3.43. The van der Waals surface area contributed by atoms with Gasteiger partial charge >= 0.3 is 6.01 Å². The first-order chi connectivity index (χ1) is 15.5. The number of nitrogens with zero attached hydrogens (tertiary/aromatic N) is 3. The van der Waals surface area contributed by atoms with Gasteiger partial charge < -0.3 is 4.42 Å². The Morgan fingerprint density at radius 3 is 2.33 bits per heavy atom. The normalized spacial score (nSPS) is 16.1. The number of carbonyl (C=O) groups excluding carboxylic acids is 1. The molecule has 14 heteroatoms. The molecule has 0 spiro atoms. The van der Waals surface area contributed by atoms with E-state index in [2.05, 4.69) is 15.5 Å². The third kappa shape index (κ3) is 5.27. The number of anilines is 1. The van der Waals surface area contributed by atoms with Gasteiger partial charge in [-0.15, -0.1) is 16.4 Å². The summed E-state index contributed by atoms with van der Waals surface area (Å²) in [7, 11) is -6.95. The monoisotopic (exact) mass is 530 g/mol. The molecule has 0 saturated carbocycles. The van der Waals surface area contributed by atoms with Gasteiger partial charge in [0.05, 0.1) is 9.23 Å². The van der Waals surface area contributed by atoms with Crippen LogP contribution in [0.1, 0.15) is 12.8 Å². The molecule has 0 unspecified atom stereocenters. The standard InChI is InChI=1S/C19H19ClN4O6S3/c1-32(26,27)14-4-2-13(3-5-14)18-22-23-19(30-18)21-17(25)12-8-10-24(11-9-12)33(28,29)16-7-6-15(20)31-16/h2-7,12H,8-11H2,1H3,(H,21,23,25). The zero-order valence-corrected chi connectivity index (χ0v) is 20.5. The third-order valence-corrected chi connectivity index (χ3v) is 9.88. The molecule has 10 nitrogen and oxygen atoms in total. The number of sulfone groups is 1. The minimum Gasteiger partial charge on any atom is -0.403 e. The molecular formula is C19H19ClN4O6S3. The van der Waals surface area contributed by atoms with Crippen molar-refractivity contribution in [2.75, 3.05) is 24.7 Å². The van der Waals surface area contributed by atoms with E-state index in [9.17, 15) is 21.6 Å². The van der Waals surface area contributed by atoms with Crippen molar-refractivity contribution in [1.82, 2.24) is 14.5 Å². The van der Waals surface area contributed by atoms with Crippen LogP contribution in [0.3, 0.4) is 0 Å². The first-order valence-electron chi connectivity index (χ1n) is 9.74. The van der Waals surface area contributed by atoms with Crippen LogP contribution >= 0.6 is 22.9 Å². The predicted molar refractivity (Wildman–Crippen MR) is 122 cm³/mol. The van der Waals surface area contributed by atoms with E-state index in [0.29, 0.717) is 22.7 Å². The Balaban J connectivity index is 1.36. The van der Waals surface area contributed by atoms with Crippen LogP contribution in [0.25, 0.3) is 11.5 Å². The van der Waals surface area contributed by atoms with Crippen molar-refractivity contribution in [2.45, 2.75) is 21.9 Å². The molecule has 1 aromatic carbocycles. The number of hydrogen-bond donors (Lipinski definition) is 1. The lowest BCUT2D eigenvalue weighted by Gasteiger charge is -2.29. The van der Waals surface area contributed by atoms with Crippen molar-refractivity contribution in [3.05, 3.63) is 40.7 Å². The number of piperidine rings is 1. The molecule has 3 heterocycles. The average molecular weight is 531 g/mol. The number of aromatic nitrogens is 2. The van der Waals surface area contributed by atoms with Crippen molar-refractivity contribution in [2.24, 2.45) is 5.92 Å². The van der Waals surface area contributed by atoms with Crippen molar-refractivity contribution in [1.29, 1.82) is 0 Å². The molecule has 1 amide bonds. The molecule has 3 aromatic rings. The summed E-state index contributed by atoms with van der Waals surface area (Å²) >= 11 is 6.85. The zero-order valence-electron chi connectivity index (χ0n) is 17.3. The van der Waals surface area contributed by atoms with E-state index in [4.69, 9.17) is 16.0 Å². The van der Waals surface area contributed by atoms with Crippen LogP contribution in [0.4, 0.5) is 6.01 Å². The molecule has 1 saturated heterocycles. The van der Waals surface area contributed by atoms with Crippen LogP contribution in [0, 0.1) is 5.92 Å². The highest BCUT2D eigenvalue weighted by Gasteiger charge is 2.33. The second-order valence-corrected chi connectivity index (χ2v) is 13.3. The topological polar surface area (TPSA) is 140 Å². The van der Waals surface area contributed by atoms with E-state index in [1.54, 1.807) is 0 Å². The molecule has 0 aliphatic carbocycles. The number of benzene rings is 1. The maximum absolute atomic E-state index is 12.7. The number of thiophene rings is 1. The Kier molecular flexibility index (Phi) is 6.60. The van der Waals surface area contributed by atoms with Gasteiger partial charge in [0.25, 0.3) is 10.0 Å². The van der Waals surface area contributed by atoms with Gasteiger partial charge in [-0.1, -0.05) is 16.7 Å². The summed E-state index contributed by atoms with van der Waals surface area (Å²) in [6.07, 6.45) is 1.80. The smallest absolute Gasteiger partial charge is 0.322 e.